The second-order valence-corrected chi connectivity index (χ2v) is 7.49. The molecule has 1 aromatic heterocycles. The molecular weight excluding hydrogens is 403 g/mol. The predicted octanol–water partition coefficient (Wildman–Crippen LogP) is 0.995. The van der Waals surface area contributed by atoms with E-state index in [1.165, 1.54) is 18.3 Å². The minimum Gasteiger partial charge on any atom is -0.504 e. The molecule has 0 aliphatic carbocycles. The highest BCUT2D eigenvalue weighted by molar-refractivity contribution is 5.73. The summed E-state index contributed by atoms with van der Waals surface area (Å²) in [4.78, 5) is 21.3. The Morgan fingerprint density at radius 3 is 3.00 bits per heavy atom. The highest BCUT2D eigenvalue weighted by Crippen LogP contribution is 2.31. The van der Waals surface area contributed by atoms with E-state index in [1.807, 2.05) is 0 Å². The number of hydrogen-bond acceptors (Lipinski definition) is 9. The molecule has 10 heteroatoms. The van der Waals surface area contributed by atoms with Gasteiger partial charge in [0, 0.05) is 24.2 Å². The highest BCUT2D eigenvalue weighted by atomic mass is 19.1. The molecule has 31 heavy (non-hydrogen) atoms. The molecule has 2 aromatic rings. The summed E-state index contributed by atoms with van der Waals surface area (Å²) in [5.74, 6) is -0.478. The van der Waals surface area contributed by atoms with E-state index >= 15 is 0 Å². The number of carbonyl (C=O) groups excluding carboxylic acids is 1. The average molecular weight is 426 g/mol. The number of aromatic nitrogens is 2. The van der Waals surface area contributed by atoms with Gasteiger partial charge in [-0.2, -0.15) is 0 Å². The van der Waals surface area contributed by atoms with E-state index in [1.54, 1.807) is 13.0 Å². The fraction of sp³-hybridized carbons (Fsp3) is 0.286. The van der Waals surface area contributed by atoms with Crippen LogP contribution in [0.1, 0.15) is 28.2 Å². The van der Waals surface area contributed by atoms with Crippen molar-refractivity contribution in [2.75, 3.05) is 13.1 Å². The SMILES string of the molecule is Cc1nc(OC2CC3CNC(N)=C(/C=C(\N)c4cccc(F)c4O)N3C2)cnc1C=O. The number of aldehydes is 1. The maximum absolute atomic E-state index is 13.7. The molecule has 1 saturated heterocycles. The number of carbonyl (C=O) groups is 1. The Labute approximate surface area is 178 Å². The van der Waals surface area contributed by atoms with E-state index in [2.05, 4.69) is 20.2 Å². The normalized spacial score (nSPS) is 21.0. The number of halogens is 1. The zero-order valence-electron chi connectivity index (χ0n) is 16.9. The van der Waals surface area contributed by atoms with Crippen molar-refractivity contribution >= 4 is 12.0 Å². The van der Waals surface area contributed by atoms with Gasteiger partial charge in [-0.15, -0.1) is 0 Å². The number of aryl methyl sites for hydroxylation is 1. The predicted molar refractivity (Wildman–Crippen MR) is 111 cm³/mol. The smallest absolute Gasteiger partial charge is 0.232 e. The largest absolute Gasteiger partial charge is 0.504 e. The van der Waals surface area contributed by atoms with Crippen LogP contribution in [0.3, 0.4) is 0 Å². The number of nitrogens with zero attached hydrogens (tertiary/aromatic N) is 3. The van der Waals surface area contributed by atoms with Crippen molar-refractivity contribution in [3.63, 3.8) is 0 Å². The molecule has 0 amide bonds. The number of rotatable bonds is 5. The molecule has 0 radical (unpaired) electrons. The lowest BCUT2D eigenvalue weighted by Crippen LogP contribution is -2.45. The van der Waals surface area contributed by atoms with Crippen LogP contribution in [0.15, 0.2) is 42.0 Å². The summed E-state index contributed by atoms with van der Waals surface area (Å²) < 4.78 is 19.7. The van der Waals surface area contributed by atoms with Crippen molar-refractivity contribution in [2.45, 2.75) is 25.5 Å². The Bertz CT molecular complexity index is 1090. The number of phenols is 1. The second-order valence-electron chi connectivity index (χ2n) is 7.49. The van der Waals surface area contributed by atoms with Crippen LogP contribution in [0.5, 0.6) is 11.6 Å². The minimum absolute atomic E-state index is 0.0979. The Kier molecular flexibility index (Phi) is 5.37. The van der Waals surface area contributed by atoms with Gasteiger partial charge < -0.3 is 31.5 Å². The number of hydrogen-bond donors (Lipinski definition) is 4. The second kappa shape index (κ2) is 8.13. The fourth-order valence-corrected chi connectivity index (χ4v) is 3.87. The summed E-state index contributed by atoms with van der Waals surface area (Å²) in [5, 5.41) is 13.1. The number of para-hydroxylation sites is 1. The van der Waals surface area contributed by atoms with Gasteiger partial charge in [0.1, 0.15) is 17.6 Å². The first-order valence-electron chi connectivity index (χ1n) is 9.78. The first-order valence-corrected chi connectivity index (χ1v) is 9.78. The first kappa shape index (κ1) is 20.5. The maximum atomic E-state index is 13.7. The molecule has 0 saturated carbocycles. The molecule has 1 aromatic carbocycles. The molecule has 2 atom stereocenters. The summed E-state index contributed by atoms with van der Waals surface area (Å²) in [6, 6.07) is 4.27. The lowest BCUT2D eigenvalue weighted by Gasteiger charge is -2.34. The summed E-state index contributed by atoms with van der Waals surface area (Å²) in [7, 11) is 0. The van der Waals surface area contributed by atoms with Crippen molar-refractivity contribution in [3.05, 3.63) is 64.8 Å². The van der Waals surface area contributed by atoms with Gasteiger partial charge in [-0.25, -0.2) is 14.4 Å². The maximum Gasteiger partial charge on any atom is 0.232 e. The molecule has 1 fully saturated rings. The van der Waals surface area contributed by atoms with Crippen LogP contribution >= 0.6 is 0 Å². The molecule has 6 N–H and O–H groups in total. The Balaban J connectivity index is 1.55. The summed E-state index contributed by atoms with van der Waals surface area (Å²) in [5.41, 5.74) is 14.1. The number of fused-ring (bicyclic) bond motifs is 1. The Morgan fingerprint density at radius 1 is 1.45 bits per heavy atom. The van der Waals surface area contributed by atoms with Crippen LogP contribution in [-0.4, -0.2) is 51.5 Å². The number of allylic oxidation sites excluding steroid dienone is 1. The highest BCUT2D eigenvalue weighted by Gasteiger charge is 2.37. The van der Waals surface area contributed by atoms with E-state index in [4.69, 9.17) is 16.2 Å². The zero-order valence-corrected chi connectivity index (χ0v) is 16.9. The van der Waals surface area contributed by atoms with Crippen LogP contribution in [0.2, 0.25) is 0 Å². The third kappa shape index (κ3) is 3.96. The number of aromatic hydroxyl groups is 1. The quantitative estimate of drug-likeness (QED) is 0.515. The van der Waals surface area contributed by atoms with Crippen LogP contribution in [-0.2, 0) is 0 Å². The van der Waals surface area contributed by atoms with Crippen molar-refractivity contribution in [1.29, 1.82) is 0 Å². The van der Waals surface area contributed by atoms with Crippen molar-refractivity contribution in [1.82, 2.24) is 20.2 Å². The summed E-state index contributed by atoms with van der Waals surface area (Å²) in [6.07, 6.45) is 4.23. The molecule has 2 aliphatic rings. The van der Waals surface area contributed by atoms with Gasteiger partial charge in [-0.05, 0) is 25.1 Å². The van der Waals surface area contributed by atoms with Crippen LogP contribution in [0.4, 0.5) is 4.39 Å². The lowest BCUT2D eigenvalue weighted by molar-refractivity contribution is 0.111. The molecule has 162 valence electrons. The molecule has 3 heterocycles. The molecule has 0 spiro atoms. The van der Waals surface area contributed by atoms with Crippen molar-refractivity contribution < 1.29 is 19.0 Å². The number of ether oxygens (including phenoxy) is 1. The van der Waals surface area contributed by atoms with Gasteiger partial charge in [-0.3, -0.25) is 4.79 Å². The molecule has 9 nitrogen and oxygen atoms in total. The van der Waals surface area contributed by atoms with Crippen molar-refractivity contribution in [2.24, 2.45) is 11.5 Å². The van der Waals surface area contributed by atoms with Crippen LogP contribution in [0.25, 0.3) is 5.70 Å². The van der Waals surface area contributed by atoms with E-state index in [-0.39, 0.29) is 29.1 Å². The zero-order chi connectivity index (χ0) is 22.1. The third-order valence-electron chi connectivity index (χ3n) is 5.44. The van der Waals surface area contributed by atoms with Crippen LogP contribution < -0.4 is 21.5 Å². The fourth-order valence-electron chi connectivity index (χ4n) is 3.87. The third-order valence-corrected chi connectivity index (χ3v) is 5.44. The van der Waals surface area contributed by atoms with Gasteiger partial charge in [0.05, 0.1) is 30.2 Å². The van der Waals surface area contributed by atoms with Gasteiger partial charge in [0.2, 0.25) is 5.88 Å². The number of phenolic OH excluding ortho intramolecular Hbond substituents is 1. The molecule has 4 rings (SSSR count). The number of nitrogens with two attached hydrogens (primary N) is 2. The molecule has 0 bridgehead atoms. The standard InChI is InChI=1S/C21H23FN6O3/c1-11-17(10-29)25-8-19(27-11)31-13-5-12-7-26-21(24)18(28(12)9-13)6-16(23)14-3-2-4-15(22)20(14)30/h2-4,6,8,10,12-13,26,30H,5,7,9,23-24H2,1H3/b16-6-. The molecule has 2 unspecified atom stereocenters. The lowest BCUT2D eigenvalue weighted by atomic mass is 10.1. The summed E-state index contributed by atoms with van der Waals surface area (Å²) in [6.45, 7) is 2.85. The molecule has 2 aliphatic heterocycles. The number of nitrogens with one attached hydrogen (secondary N) is 1. The Hall–Kier alpha value is -3.82. The topological polar surface area (TPSA) is 140 Å². The van der Waals surface area contributed by atoms with Gasteiger partial charge in [-0.1, -0.05) is 6.07 Å². The summed E-state index contributed by atoms with van der Waals surface area (Å²) >= 11 is 0. The van der Waals surface area contributed by atoms with Gasteiger partial charge >= 0.3 is 0 Å². The van der Waals surface area contributed by atoms with Crippen LogP contribution in [0, 0.1) is 12.7 Å². The van der Waals surface area contributed by atoms with E-state index < -0.39 is 11.6 Å². The van der Waals surface area contributed by atoms with Crippen molar-refractivity contribution in [3.8, 4) is 11.6 Å². The monoisotopic (exact) mass is 426 g/mol. The Morgan fingerprint density at radius 2 is 2.26 bits per heavy atom. The van der Waals surface area contributed by atoms with Gasteiger partial charge in [0.25, 0.3) is 0 Å². The number of benzene rings is 1. The van der Waals surface area contributed by atoms with E-state index in [9.17, 15) is 14.3 Å². The first-order chi connectivity index (χ1) is 14.9. The van der Waals surface area contributed by atoms with E-state index in [0.29, 0.717) is 48.9 Å². The minimum atomic E-state index is -0.748. The molecular formula is C21H23FN6O3. The van der Waals surface area contributed by atoms with E-state index in [0.717, 1.165) is 6.07 Å². The van der Waals surface area contributed by atoms with Gasteiger partial charge in [0.15, 0.2) is 17.9 Å². The average Bonchev–Trinajstić information content (AvgIpc) is 3.15.